The molecule has 1 aliphatic rings. The summed E-state index contributed by atoms with van der Waals surface area (Å²) in [5.74, 6) is 0.455. The van der Waals surface area contributed by atoms with Crippen LogP contribution in [0.15, 0.2) is 12.4 Å². The van der Waals surface area contributed by atoms with Crippen molar-refractivity contribution in [2.45, 2.75) is 32.2 Å². The monoisotopic (exact) mass is 264 g/mol. The molecule has 0 aliphatic carbocycles. The lowest BCUT2D eigenvalue weighted by Gasteiger charge is -2.34. The molecule has 2 N–H and O–H groups in total. The minimum Gasteiger partial charge on any atom is -0.394 e. The summed E-state index contributed by atoms with van der Waals surface area (Å²) in [5.41, 5.74) is 0.332. The van der Waals surface area contributed by atoms with Gasteiger partial charge in [-0.3, -0.25) is 9.78 Å². The lowest BCUT2D eigenvalue weighted by molar-refractivity contribution is 0.0497. The second kappa shape index (κ2) is 6.47. The fourth-order valence-corrected chi connectivity index (χ4v) is 2.34. The number of rotatable bonds is 4. The van der Waals surface area contributed by atoms with Crippen molar-refractivity contribution >= 4 is 11.7 Å². The van der Waals surface area contributed by atoms with Gasteiger partial charge in [0, 0.05) is 13.1 Å². The second-order valence-corrected chi connectivity index (χ2v) is 4.65. The molecule has 0 spiro atoms. The third-order valence-corrected chi connectivity index (χ3v) is 3.31. The first-order chi connectivity index (χ1) is 9.26. The van der Waals surface area contributed by atoms with Crippen molar-refractivity contribution in [1.29, 1.82) is 0 Å². The van der Waals surface area contributed by atoms with Crippen LogP contribution in [0.3, 0.4) is 0 Å². The molecule has 2 heterocycles. The van der Waals surface area contributed by atoms with E-state index in [1.807, 2.05) is 6.92 Å². The van der Waals surface area contributed by atoms with E-state index < -0.39 is 0 Å². The van der Waals surface area contributed by atoms with Crippen molar-refractivity contribution in [1.82, 2.24) is 14.9 Å². The average molecular weight is 264 g/mol. The molecular weight excluding hydrogens is 244 g/mol. The van der Waals surface area contributed by atoms with Crippen molar-refractivity contribution in [2.75, 3.05) is 25.0 Å². The summed E-state index contributed by atoms with van der Waals surface area (Å²) in [6.07, 6.45) is 5.95. The van der Waals surface area contributed by atoms with Gasteiger partial charge in [0.15, 0.2) is 0 Å². The summed E-state index contributed by atoms with van der Waals surface area (Å²) in [6.45, 7) is 3.38. The zero-order valence-corrected chi connectivity index (χ0v) is 11.2. The highest BCUT2D eigenvalue weighted by Gasteiger charge is 2.27. The molecule has 2 rings (SSSR count). The number of piperidine rings is 1. The molecule has 1 aromatic rings. The number of aliphatic hydroxyl groups is 1. The van der Waals surface area contributed by atoms with Crippen LogP contribution < -0.4 is 5.32 Å². The SMILES string of the molecule is CCNc1cncc(C(=O)N2CCCCC2CO)n1. The standard InChI is InChI=1S/C13H20N4O2/c1-2-15-12-8-14-7-11(16-12)13(19)17-6-4-3-5-10(17)9-18/h7-8,10,18H,2-6,9H2,1H3,(H,15,16). The largest absolute Gasteiger partial charge is 0.394 e. The predicted octanol–water partition coefficient (Wildman–Crippen LogP) is 0.895. The first kappa shape index (κ1) is 13.7. The fourth-order valence-electron chi connectivity index (χ4n) is 2.34. The Morgan fingerprint density at radius 2 is 2.37 bits per heavy atom. The fraction of sp³-hybridized carbons (Fsp3) is 0.615. The summed E-state index contributed by atoms with van der Waals surface area (Å²) in [4.78, 5) is 22.4. The van der Waals surface area contributed by atoms with Gasteiger partial charge in [0.2, 0.25) is 0 Å². The Balaban J connectivity index is 2.15. The average Bonchev–Trinajstić information content (AvgIpc) is 2.47. The molecule has 1 atom stereocenters. The van der Waals surface area contributed by atoms with E-state index in [4.69, 9.17) is 0 Å². The van der Waals surface area contributed by atoms with Gasteiger partial charge < -0.3 is 15.3 Å². The highest BCUT2D eigenvalue weighted by molar-refractivity contribution is 5.92. The maximum Gasteiger partial charge on any atom is 0.274 e. The predicted molar refractivity (Wildman–Crippen MR) is 72.0 cm³/mol. The number of nitrogens with zero attached hydrogens (tertiary/aromatic N) is 3. The van der Waals surface area contributed by atoms with E-state index in [-0.39, 0.29) is 18.6 Å². The van der Waals surface area contributed by atoms with Crippen LogP contribution in [0.2, 0.25) is 0 Å². The van der Waals surface area contributed by atoms with Crippen LogP contribution in [0.1, 0.15) is 36.7 Å². The third kappa shape index (κ3) is 3.20. The molecule has 104 valence electrons. The zero-order valence-electron chi connectivity index (χ0n) is 11.2. The van der Waals surface area contributed by atoms with E-state index in [0.29, 0.717) is 18.1 Å². The lowest BCUT2D eigenvalue weighted by Crippen LogP contribution is -2.45. The molecule has 19 heavy (non-hydrogen) atoms. The zero-order chi connectivity index (χ0) is 13.7. The molecule has 1 unspecified atom stereocenters. The Morgan fingerprint density at radius 1 is 1.53 bits per heavy atom. The summed E-state index contributed by atoms with van der Waals surface area (Å²) < 4.78 is 0. The van der Waals surface area contributed by atoms with Crippen molar-refractivity contribution in [2.24, 2.45) is 0 Å². The second-order valence-electron chi connectivity index (χ2n) is 4.65. The number of aliphatic hydroxyl groups excluding tert-OH is 1. The van der Waals surface area contributed by atoms with Crippen LogP contribution >= 0.6 is 0 Å². The van der Waals surface area contributed by atoms with Gasteiger partial charge in [0.1, 0.15) is 11.5 Å². The van der Waals surface area contributed by atoms with Crippen molar-refractivity contribution in [3.63, 3.8) is 0 Å². The highest BCUT2D eigenvalue weighted by Crippen LogP contribution is 2.19. The van der Waals surface area contributed by atoms with Crippen LogP contribution in [0, 0.1) is 0 Å². The molecule has 1 aromatic heterocycles. The highest BCUT2D eigenvalue weighted by atomic mass is 16.3. The normalized spacial score (nSPS) is 19.3. The van der Waals surface area contributed by atoms with Crippen molar-refractivity contribution in [3.05, 3.63) is 18.1 Å². The van der Waals surface area contributed by atoms with E-state index >= 15 is 0 Å². The lowest BCUT2D eigenvalue weighted by atomic mass is 10.0. The van der Waals surface area contributed by atoms with Gasteiger partial charge in [-0.05, 0) is 26.2 Å². The van der Waals surface area contributed by atoms with Crippen LogP contribution in [0.25, 0.3) is 0 Å². The molecule has 1 amide bonds. The molecule has 1 fully saturated rings. The maximum absolute atomic E-state index is 12.4. The van der Waals surface area contributed by atoms with Crippen molar-refractivity contribution in [3.8, 4) is 0 Å². The van der Waals surface area contributed by atoms with Crippen LogP contribution in [0.5, 0.6) is 0 Å². The van der Waals surface area contributed by atoms with Crippen molar-refractivity contribution < 1.29 is 9.90 Å². The van der Waals surface area contributed by atoms with Gasteiger partial charge in [0.25, 0.3) is 5.91 Å². The van der Waals surface area contributed by atoms with E-state index in [1.54, 1.807) is 11.1 Å². The summed E-state index contributed by atoms with van der Waals surface area (Å²) in [5, 5.41) is 12.4. The molecule has 0 radical (unpaired) electrons. The molecule has 1 saturated heterocycles. The number of hydrogen-bond acceptors (Lipinski definition) is 5. The topological polar surface area (TPSA) is 78.4 Å². The van der Waals surface area contributed by atoms with E-state index in [0.717, 1.165) is 25.8 Å². The van der Waals surface area contributed by atoms with Gasteiger partial charge in [0.05, 0.1) is 25.0 Å². The minimum absolute atomic E-state index is 0.00602. The summed E-state index contributed by atoms with van der Waals surface area (Å²) in [6, 6.07) is -0.0918. The molecular formula is C13H20N4O2. The van der Waals surface area contributed by atoms with Crippen LogP contribution in [-0.2, 0) is 0 Å². The Bertz CT molecular complexity index is 438. The summed E-state index contributed by atoms with van der Waals surface area (Å²) in [7, 11) is 0. The smallest absolute Gasteiger partial charge is 0.274 e. The summed E-state index contributed by atoms with van der Waals surface area (Å²) >= 11 is 0. The Morgan fingerprint density at radius 3 is 3.11 bits per heavy atom. The first-order valence-electron chi connectivity index (χ1n) is 6.74. The first-order valence-corrected chi connectivity index (χ1v) is 6.74. The molecule has 6 nitrogen and oxygen atoms in total. The van der Waals surface area contributed by atoms with E-state index in [9.17, 15) is 9.90 Å². The van der Waals surface area contributed by atoms with Crippen LogP contribution in [0.4, 0.5) is 5.82 Å². The quantitative estimate of drug-likeness (QED) is 0.844. The molecule has 0 bridgehead atoms. The molecule has 0 aromatic carbocycles. The number of carbonyl (C=O) groups is 1. The van der Waals surface area contributed by atoms with Gasteiger partial charge >= 0.3 is 0 Å². The molecule has 0 saturated carbocycles. The number of aromatic nitrogens is 2. The number of likely N-dealkylation sites (tertiary alicyclic amines) is 1. The number of hydrogen-bond donors (Lipinski definition) is 2. The van der Waals surface area contributed by atoms with E-state index in [2.05, 4.69) is 15.3 Å². The Hall–Kier alpha value is -1.69. The maximum atomic E-state index is 12.4. The van der Waals surface area contributed by atoms with Gasteiger partial charge in [-0.2, -0.15) is 0 Å². The molecule has 1 aliphatic heterocycles. The number of anilines is 1. The molecule has 6 heteroatoms. The van der Waals surface area contributed by atoms with Gasteiger partial charge in [-0.1, -0.05) is 0 Å². The van der Waals surface area contributed by atoms with E-state index in [1.165, 1.54) is 6.20 Å². The Kier molecular flexibility index (Phi) is 4.68. The minimum atomic E-state index is -0.147. The number of nitrogens with one attached hydrogen (secondary N) is 1. The number of carbonyl (C=O) groups excluding carboxylic acids is 1. The third-order valence-electron chi connectivity index (χ3n) is 3.31. The van der Waals surface area contributed by atoms with Gasteiger partial charge in [-0.15, -0.1) is 0 Å². The van der Waals surface area contributed by atoms with Crippen LogP contribution in [-0.4, -0.2) is 51.6 Å². The van der Waals surface area contributed by atoms with Gasteiger partial charge in [-0.25, -0.2) is 4.98 Å². The Labute approximate surface area is 112 Å². The number of amides is 1.